The number of halogens is 1. The van der Waals surface area contributed by atoms with Crippen LogP contribution in [0.1, 0.15) is 10.4 Å². The Hall–Kier alpha value is -1.95. The Morgan fingerprint density at radius 1 is 1.10 bits per heavy atom. The minimum Gasteiger partial charge on any atom is -0.486 e. The highest BCUT2D eigenvalue weighted by Gasteiger charge is 2.25. The SMILES string of the molecule is O=CN1CCN(C(=O)c2cc3c(cc2Cl)OCCO3)CC1. The summed E-state index contributed by atoms with van der Waals surface area (Å²) in [6.45, 7) is 3.02. The Kier molecular flexibility index (Phi) is 3.88. The quantitative estimate of drug-likeness (QED) is 0.766. The van der Waals surface area contributed by atoms with Gasteiger partial charge in [-0.1, -0.05) is 11.6 Å². The van der Waals surface area contributed by atoms with Crippen molar-refractivity contribution in [3.8, 4) is 11.5 Å². The highest BCUT2D eigenvalue weighted by molar-refractivity contribution is 6.34. The number of fused-ring (bicyclic) bond motifs is 1. The van der Waals surface area contributed by atoms with Gasteiger partial charge in [0.1, 0.15) is 13.2 Å². The van der Waals surface area contributed by atoms with Crippen LogP contribution in [-0.2, 0) is 4.79 Å². The van der Waals surface area contributed by atoms with E-state index in [0.29, 0.717) is 61.5 Å². The highest BCUT2D eigenvalue weighted by Crippen LogP contribution is 2.35. The van der Waals surface area contributed by atoms with Crippen molar-refractivity contribution in [2.75, 3.05) is 39.4 Å². The van der Waals surface area contributed by atoms with Crippen LogP contribution in [0, 0.1) is 0 Å². The van der Waals surface area contributed by atoms with E-state index in [1.54, 1.807) is 21.9 Å². The molecular weight excluding hydrogens is 296 g/mol. The van der Waals surface area contributed by atoms with Crippen LogP contribution >= 0.6 is 11.6 Å². The fraction of sp³-hybridized carbons (Fsp3) is 0.429. The molecular formula is C14H15ClN2O4. The minimum absolute atomic E-state index is 0.150. The number of ether oxygens (including phenoxy) is 2. The normalized spacial score (nSPS) is 17.6. The molecule has 3 rings (SSSR count). The molecule has 2 aliphatic rings. The van der Waals surface area contributed by atoms with Crippen molar-refractivity contribution < 1.29 is 19.1 Å². The summed E-state index contributed by atoms with van der Waals surface area (Å²) in [5.74, 6) is 0.955. The molecule has 0 aromatic heterocycles. The molecule has 2 aliphatic heterocycles. The largest absolute Gasteiger partial charge is 0.486 e. The van der Waals surface area contributed by atoms with Gasteiger partial charge in [-0.2, -0.15) is 0 Å². The summed E-state index contributed by atoms with van der Waals surface area (Å²) in [6.07, 6.45) is 0.804. The molecule has 112 valence electrons. The van der Waals surface area contributed by atoms with E-state index < -0.39 is 0 Å². The van der Waals surface area contributed by atoms with E-state index in [1.165, 1.54) is 0 Å². The van der Waals surface area contributed by atoms with Crippen molar-refractivity contribution in [1.82, 2.24) is 9.80 Å². The Morgan fingerprint density at radius 2 is 1.71 bits per heavy atom. The fourth-order valence-corrected chi connectivity index (χ4v) is 2.66. The van der Waals surface area contributed by atoms with Crippen molar-refractivity contribution in [2.24, 2.45) is 0 Å². The van der Waals surface area contributed by atoms with Gasteiger partial charge >= 0.3 is 0 Å². The van der Waals surface area contributed by atoms with Crippen LogP contribution in [-0.4, -0.2) is 61.5 Å². The number of carbonyl (C=O) groups is 2. The van der Waals surface area contributed by atoms with Gasteiger partial charge in [-0.15, -0.1) is 0 Å². The summed E-state index contributed by atoms with van der Waals surface area (Å²) < 4.78 is 10.9. The van der Waals surface area contributed by atoms with Gasteiger partial charge in [0.2, 0.25) is 6.41 Å². The number of benzene rings is 1. The van der Waals surface area contributed by atoms with Gasteiger partial charge in [-0.3, -0.25) is 9.59 Å². The second kappa shape index (κ2) is 5.81. The molecule has 1 aromatic carbocycles. The van der Waals surface area contributed by atoms with Crippen LogP contribution in [0.4, 0.5) is 0 Å². The Bertz CT molecular complexity index is 570. The number of piperazine rings is 1. The molecule has 1 saturated heterocycles. The van der Waals surface area contributed by atoms with E-state index in [-0.39, 0.29) is 5.91 Å². The van der Waals surface area contributed by atoms with Gasteiger partial charge in [-0.25, -0.2) is 0 Å². The number of rotatable bonds is 2. The topological polar surface area (TPSA) is 59.1 Å². The third-order valence-corrected chi connectivity index (χ3v) is 3.93. The molecule has 0 N–H and O–H groups in total. The first-order chi connectivity index (χ1) is 10.2. The molecule has 0 spiro atoms. The van der Waals surface area contributed by atoms with Crippen LogP contribution in [0.25, 0.3) is 0 Å². The molecule has 21 heavy (non-hydrogen) atoms. The maximum atomic E-state index is 12.5. The summed E-state index contributed by atoms with van der Waals surface area (Å²) >= 11 is 6.18. The zero-order chi connectivity index (χ0) is 14.8. The number of hydrogen-bond acceptors (Lipinski definition) is 4. The van der Waals surface area contributed by atoms with E-state index in [9.17, 15) is 9.59 Å². The van der Waals surface area contributed by atoms with Gasteiger partial charge < -0.3 is 19.3 Å². The minimum atomic E-state index is -0.150. The molecule has 2 heterocycles. The zero-order valence-electron chi connectivity index (χ0n) is 11.4. The molecule has 0 aliphatic carbocycles. The monoisotopic (exact) mass is 310 g/mol. The molecule has 0 saturated carbocycles. The Balaban J connectivity index is 1.80. The Labute approximate surface area is 127 Å². The highest BCUT2D eigenvalue weighted by atomic mass is 35.5. The standard InChI is InChI=1S/C14H15ClN2O4/c15-11-8-13-12(20-5-6-21-13)7-10(11)14(19)17-3-1-16(9-18)2-4-17/h7-9H,1-6H2. The van der Waals surface area contributed by atoms with E-state index in [1.807, 2.05) is 0 Å². The maximum absolute atomic E-state index is 12.5. The molecule has 0 unspecified atom stereocenters. The van der Waals surface area contributed by atoms with Gasteiger partial charge in [0, 0.05) is 32.2 Å². The summed E-state index contributed by atoms with van der Waals surface area (Å²) in [6, 6.07) is 3.25. The lowest BCUT2D eigenvalue weighted by molar-refractivity contribution is -0.119. The van der Waals surface area contributed by atoms with E-state index in [0.717, 1.165) is 6.41 Å². The predicted molar refractivity (Wildman–Crippen MR) is 76.0 cm³/mol. The van der Waals surface area contributed by atoms with Crippen LogP contribution in [0.5, 0.6) is 11.5 Å². The summed E-state index contributed by atoms with van der Waals surface area (Å²) in [7, 11) is 0. The van der Waals surface area contributed by atoms with E-state index >= 15 is 0 Å². The van der Waals surface area contributed by atoms with Crippen LogP contribution in [0.2, 0.25) is 5.02 Å². The second-order valence-corrected chi connectivity index (χ2v) is 5.32. The Morgan fingerprint density at radius 3 is 2.33 bits per heavy atom. The lowest BCUT2D eigenvalue weighted by Gasteiger charge is -2.33. The molecule has 1 fully saturated rings. The average Bonchev–Trinajstić information content (AvgIpc) is 2.53. The molecule has 0 bridgehead atoms. The molecule has 0 radical (unpaired) electrons. The van der Waals surface area contributed by atoms with Crippen LogP contribution in [0.3, 0.4) is 0 Å². The summed E-state index contributed by atoms with van der Waals surface area (Å²) in [4.78, 5) is 26.6. The van der Waals surface area contributed by atoms with Crippen LogP contribution < -0.4 is 9.47 Å². The number of carbonyl (C=O) groups excluding carboxylic acids is 2. The molecule has 6 nitrogen and oxygen atoms in total. The smallest absolute Gasteiger partial charge is 0.255 e. The van der Waals surface area contributed by atoms with Crippen molar-refractivity contribution in [3.63, 3.8) is 0 Å². The number of nitrogens with zero attached hydrogens (tertiary/aromatic N) is 2. The molecule has 0 atom stereocenters. The van der Waals surface area contributed by atoms with E-state index in [4.69, 9.17) is 21.1 Å². The van der Waals surface area contributed by atoms with Crippen LogP contribution in [0.15, 0.2) is 12.1 Å². The molecule has 7 heteroatoms. The average molecular weight is 311 g/mol. The third kappa shape index (κ3) is 2.76. The first kappa shape index (κ1) is 14.0. The third-order valence-electron chi connectivity index (χ3n) is 3.61. The van der Waals surface area contributed by atoms with Gasteiger partial charge in [0.05, 0.1) is 10.6 Å². The van der Waals surface area contributed by atoms with Gasteiger partial charge in [-0.05, 0) is 6.07 Å². The van der Waals surface area contributed by atoms with Crippen molar-refractivity contribution in [1.29, 1.82) is 0 Å². The first-order valence-electron chi connectivity index (χ1n) is 6.77. The van der Waals surface area contributed by atoms with Gasteiger partial charge in [0.25, 0.3) is 5.91 Å². The van der Waals surface area contributed by atoms with Crippen molar-refractivity contribution in [2.45, 2.75) is 0 Å². The number of amides is 2. The molecule has 1 aromatic rings. The predicted octanol–water partition coefficient (Wildman–Crippen LogP) is 1.03. The lowest BCUT2D eigenvalue weighted by Crippen LogP contribution is -2.48. The zero-order valence-corrected chi connectivity index (χ0v) is 12.1. The molecule has 2 amide bonds. The first-order valence-corrected chi connectivity index (χ1v) is 7.14. The lowest BCUT2D eigenvalue weighted by atomic mass is 10.1. The summed E-state index contributed by atoms with van der Waals surface area (Å²) in [5, 5.41) is 0.349. The number of hydrogen-bond donors (Lipinski definition) is 0. The second-order valence-electron chi connectivity index (χ2n) is 4.91. The van der Waals surface area contributed by atoms with Crippen molar-refractivity contribution >= 4 is 23.9 Å². The van der Waals surface area contributed by atoms with E-state index in [2.05, 4.69) is 0 Å². The fourth-order valence-electron chi connectivity index (χ4n) is 2.43. The summed E-state index contributed by atoms with van der Waals surface area (Å²) in [5.41, 5.74) is 0.403. The maximum Gasteiger partial charge on any atom is 0.255 e. The van der Waals surface area contributed by atoms with Gasteiger partial charge in [0.15, 0.2) is 11.5 Å². The van der Waals surface area contributed by atoms with Crippen molar-refractivity contribution in [3.05, 3.63) is 22.7 Å².